The van der Waals surface area contributed by atoms with Crippen LogP contribution in [0.3, 0.4) is 0 Å². The van der Waals surface area contributed by atoms with Gasteiger partial charge in [0, 0.05) is 13.1 Å². The number of methoxy groups -OCH3 is 2. The van der Waals surface area contributed by atoms with Gasteiger partial charge in [-0.05, 0) is 35.9 Å². The number of hydrogen-bond acceptors (Lipinski definition) is 6. The van der Waals surface area contributed by atoms with E-state index in [-0.39, 0.29) is 17.1 Å². The van der Waals surface area contributed by atoms with Gasteiger partial charge >= 0.3 is 6.61 Å². The number of para-hydroxylation sites is 2. The summed E-state index contributed by atoms with van der Waals surface area (Å²) in [7, 11) is 4.37. The van der Waals surface area contributed by atoms with E-state index in [4.69, 9.17) is 9.47 Å². The van der Waals surface area contributed by atoms with Crippen molar-refractivity contribution in [3.63, 3.8) is 0 Å². The van der Waals surface area contributed by atoms with E-state index in [2.05, 4.69) is 10.1 Å². The fourth-order valence-electron chi connectivity index (χ4n) is 2.86. The van der Waals surface area contributed by atoms with Crippen LogP contribution in [0.2, 0.25) is 0 Å². The number of amides is 1. The molecule has 0 bridgehead atoms. The molecule has 32 heavy (non-hydrogen) atoms. The molecule has 1 amide bonds. The zero-order valence-corrected chi connectivity index (χ0v) is 18.2. The van der Waals surface area contributed by atoms with Crippen molar-refractivity contribution >= 4 is 35.1 Å². The molecule has 2 aromatic carbocycles. The minimum Gasteiger partial charge on any atom is -0.495 e. The average molecular weight is 462 g/mol. The number of nitrogens with zero attached hydrogens (tertiary/aromatic N) is 1. The monoisotopic (exact) mass is 462 g/mol. The number of benzene rings is 2. The molecular weight excluding hydrogens is 442 g/mol. The average Bonchev–Trinajstić information content (AvgIpc) is 3.01. The smallest absolute Gasteiger partial charge is 0.387 e. The van der Waals surface area contributed by atoms with Crippen LogP contribution in [0.5, 0.6) is 17.2 Å². The molecule has 0 fully saturated rings. The number of nitrogens with one attached hydrogen (secondary N) is 1. The van der Waals surface area contributed by atoms with Gasteiger partial charge in [0.2, 0.25) is 0 Å². The molecule has 0 saturated heterocycles. The van der Waals surface area contributed by atoms with Gasteiger partial charge in [-0.1, -0.05) is 18.2 Å². The normalized spacial score (nSPS) is 12.2. The second-order valence-electron chi connectivity index (χ2n) is 6.44. The second kappa shape index (κ2) is 10.1. The Kier molecular flexibility index (Phi) is 7.26. The van der Waals surface area contributed by atoms with Gasteiger partial charge in [-0.3, -0.25) is 9.59 Å². The maximum atomic E-state index is 12.7. The number of thiazole rings is 1. The van der Waals surface area contributed by atoms with Crippen molar-refractivity contribution < 1.29 is 27.8 Å². The first-order valence-corrected chi connectivity index (χ1v) is 10.1. The molecule has 0 aliphatic carbocycles. The molecule has 0 saturated carbocycles. The van der Waals surface area contributed by atoms with Crippen LogP contribution in [0.4, 0.5) is 14.5 Å². The molecule has 3 aromatic rings. The standard InChI is InChI=1S/C22H20F2N2O5S/c1-26-20(12-19(27)25-14-6-4-5-7-15(14)29-2)32-18(21(26)28)11-13-8-9-16(30-3)17(10-13)31-22(23)24/h4-12,22H,1-3H3,(H,25,27)/b18-11-,20-12-. The van der Waals surface area contributed by atoms with Crippen LogP contribution in [-0.4, -0.2) is 31.3 Å². The molecule has 0 radical (unpaired) electrons. The number of aromatic nitrogens is 1. The summed E-state index contributed by atoms with van der Waals surface area (Å²) in [6.07, 6.45) is 2.83. The summed E-state index contributed by atoms with van der Waals surface area (Å²) in [4.78, 5) is 25.1. The largest absolute Gasteiger partial charge is 0.495 e. The Labute approximate surface area is 185 Å². The number of carbonyl (C=O) groups is 1. The topological polar surface area (TPSA) is 78.8 Å². The van der Waals surface area contributed by atoms with Crippen molar-refractivity contribution in [2.75, 3.05) is 19.5 Å². The summed E-state index contributed by atoms with van der Waals surface area (Å²) in [5.74, 6) is 0.0656. The lowest BCUT2D eigenvalue weighted by molar-refractivity contribution is -0.110. The van der Waals surface area contributed by atoms with Crippen molar-refractivity contribution in [3.8, 4) is 17.2 Å². The van der Waals surface area contributed by atoms with Crippen molar-refractivity contribution in [1.29, 1.82) is 0 Å². The van der Waals surface area contributed by atoms with E-state index in [1.807, 2.05) is 0 Å². The highest BCUT2D eigenvalue weighted by Crippen LogP contribution is 2.29. The zero-order chi connectivity index (χ0) is 23.3. The van der Waals surface area contributed by atoms with Gasteiger partial charge in [0.1, 0.15) is 10.4 Å². The molecule has 3 rings (SSSR count). The number of anilines is 1. The van der Waals surface area contributed by atoms with Crippen molar-refractivity contribution in [1.82, 2.24) is 4.57 Å². The zero-order valence-electron chi connectivity index (χ0n) is 17.4. The van der Waals surface area contributed by atoms with E-state index in [1.54, 1.807) is 30.3 Å². The molecular formula is C22H20F2N2O5S. The van der Waals surface area contributed by atoms with E-state index in [9.17, 15) is 18.4 Å². The summed E-state index contributed by atoms with van der Waals surface area (Å²) in [6, 6.07) is 11.4. The quantitative estimate of drug-likeness (QED) is 0.583. The highest BCUT2D eigenvalue weighted by molar-refractivity contribution is 7.07. The van der Waals surface area contributed by atoms with Gasteiger partial charge < -0.3 is 24.1 Å². The fourth-order valence-corrected chi connectivity index (χ4v) is 3.89. The first-order chi connectivity index (χ1) is 15.3. The van der Waals surface area contributed by atoms with Crippen LogP contribution in [-0.2, 0) is 11.8 Å². The third kappa shape index (κ3) is 5.33. The lowest BCUT2D eigenvalue weighted by Crippen LogP contribution is -2.29. The highest BCUT2D eigenvalue weighted by Gasteiger charge is 2.11. The predicted octanol–water partition coefficient (Wildman–Crippen LogP) is 2.31. The Morgan fingerprint density at radius 2 is 1.81 bits per heavy atom. The molecule has 7 nitrogen and oxygen atoms in total. The summed E-state index contributed by atoms with van der Waals surface area (Å²) < 4.78 is 42.1. The fraction of sp³-hybridized carbons (Fsp3) is 0.182. The summed E-state index contributed by atoms with van der Waals surface area (Å²) in [6.45, 7) is -3.02. The summed E-state index contributed by atoms with van der Waals surface area (Å²) in [5, 5.41) is 2.71. The molecule has 0 aliphatic rings. The van der Waals surface area contributed by atoms with Crippen LogP contribution in [0, 0.1) is 0 Å². The van der Waals surface area contributed by atoms with Crippen molar-refractivity contribution in [2.45, 2.75) is 6.61 Å². The summed E-state index contributed by atoms with van der Waals surface area (Å²) in [5.41, 5.74) is 0.623. The minimum absolute atomic E-state index is 0.142. The maximum Gasteiger partial charge on any atom is 0.387 e. The number of alkyl halides is 2. The van der Waals surface area contributed by atoms with E-state index >= 15 is 0 Å². The van der Waals surface area contributed by atoms with Crippen LogP contribution >= 0.6 is 11.3 Å². The predicted molar refractivity (Wildman–Crippen MR) is 118 cm³/mol. The van der Waals surface area contributed by atoms with Crippen LogP contribution in [0.25, 0.3) is 12.2 Å². The van der Waals surface area contributed by atoms with Crippen LogP contribution in [0.1, 0.15) is 5.56 Å². The molecule has 0 spiro atoms. The Hall–Kier alpha value is -3.66. The molecule has 10 heteroatoms. The maximum absolute atomic E-state index is 12.7. The SMILES string of the molecule is COc1ccccc1NC(=O)/C=c1\s/c(=C\c2ccc(OC)c(OC(F)F)c2)c(=O)n1C. The second-order valence-corrected chi connectivity index (χ2v) is 7.50. The Morgan fingerprint density at radius 1 is 1.09 bits per heavy atom. The molecule has 1 aromatic heterocycles. The third-order valence-electron chi connectivity index (χ3n) is 4.38. The number of hydrogen-bond donors (Lipinski definition) is 1. The van der Waals surface area contributed by atoms with Gasteiger partial charge in [-0.25, -0.2) is 0 Å². The Bertz CT molecular complexity index is 1300. The van der Waals surface area contributed by atoms with E-state index in [0.29, 0.717) is 26.2 Å². The minimum atomic E-state index is -3.02. The van der Waals surface area contributed by atoms with Gasteiger partial charge in [0.05, 0.1) is 24.4 Å². The molecule has 1 heterocycles. The lowest BCUT2D eigenvalue weighted by atomic mass is 10.2. The Balaban J connectivity index is 1.95. The molecule has 0 atom stereocenters. The molecule has 168 valence electrons. The Morgan fingerprint density at radius 3 is 2.50 bits per heavy atom. The number of carbonyl (C=O) groups excluding carboxylic acids is 1. The van der Waals surface area contributed by atoms with Crippen LogP contribution < -0.4 is 34.3 Å². The van der Waals surface area contributed by atoms with E-state index in [1.165, 1.54) is 50.1 Å². The number of rotatable bonds is 7. The summed E-state index contributed by atoms with van der Waals surface area (Å²) >= 11 is 1.09. The third-order valence-corrected chi connectivity index (χ3v) is 5.49. The first kappa shape index (κ1) is 23.0. The molecule has 0 unspecified atom stereocenters. The van der Waals surface area contributed by atoms with Gasteiger partial charge in [0.15, 0.2) is 11.5 Å². The van der Waals surface area contributed by atoms with Crippen molar-refractivity contribution in [3.05, 3.63) is 67.6 Å². The molecule has 0 aliphatic heterocycles. The lowest BCUT2D eigenvalue weighted by Gasteiger charge is -2.10. The highest BCUT2D eigenvalue weighted by atomic mass is 32.1. The number of ether oxygens (including phenoxy) is 3. The van der Waals surface area contributed by atoms with Crippen LogP contribution in [0.15, 0.2) is 47.3 Å². The van der Waals surface area contributed by atoms with Gasteiger partial charge in [-0.15, -0.1) is 11.3 Å². The van der Waals surface area contributed by atoms with E-state index in [0.717, 1.165) is 11.3 Å². The first-order valence-electron chi connectivity index (χ1n) is 9.28. The number of halogens is 2. The molecule has 1 N–H and O–H groups in total. The van der Waals surface area contributed by atoms with Crippen molar-refractivity contribution in [2.24, 2.45) is 7.05 Å². The van der Waals surface area contributed by atoms with E-state index < -0.39 is 12.5 Å². The van der Waals surface area contributed by atoms with Gasteiger partial charge in [0.25, 0.3) is 11.5 Å². The van der Waals surface area contributed by atoms with Gasteiger partial charge in [-0.2, -0.15) is 8.78 Å².